The fraction of sp³-hybridized carbons (Fsp3) is 0.474. The molecule has 2 aliphatic rings. The molecule has 7 nitrogen and oxygen atoms in total. The van der Waals surface area contributed by atoms with Crippen LogP contribution in [0.2, 0.25) is 0 Å². The quantitative estimate of drug-likeness (QED) is 0.723. The van der Waals surface area contributed by atoms with E-state index in [1.807, 2.05) is 23.8 Å². The zero-order valence-corrected chi connectivity index (χ0v) is 15.3. The SMILES string of the molecule is Cc1ncnc(N2CCN(c3nccn4nc(C5CC5)cc34)CC2)c1C. The van der Waals surface area contributed by atoms with Gasteiger partial charge in [-0.15, -0.1) is 0 Å². The second kappa shape index (κ2) is 5.93. The molecule has 3 aromatic heterocycles. The summed E-state index contributed by atoms with van der Waals surface area (Å²) >= 11 is 0. The molecule has 134 valence electrons. The molecule has 1 aliphatic carbocycles. The van der Waals surface area contributed by atoms with Crippen LogP contribution in [0.4, 0.5) is 11.6 Å². The summed E-state index contributed by atoms with van der Waals surface area (Å²) in [6.45, 7) is 7.87. The predicted octanol–water partition coefficient (Wildman–Crippen LogP) is 2.34. The number of anilines is 2. The molecule has 5 rings (SSSR count). The number of piperazine rings is 1. The molecule has 7 heteroatoms. The fourth-order valence-corrected chi connectivity index (χ4v) is 3.72. The van der Waals surface area contributed by atoms with Gasteiger partial charge < -0.3 is 9.80 Å². The van der Waals surface area contributed by atoms with Gasteiger partial charge in [0.25, 0.3) is 0 Å². The summed E-state index contributed by atoms with van der Waals surface area (Å²) in [5.41, 5.74) is 4.56. The Morgan fingerprint density at radius 2 is 1.65 bits per heavy atom. The van der Waals surface area contributed by atoms with E-state index in [-0.39, 0.29) is 0 Å². The van der Waals surface area contributed by atoms with Gasteiger partial charge in [-0.05, 0) is 32.8 Å². The van der Waals surface area contributed by atoms with Gasteiger partial charge in [0, 0.05) is 55.7 Å². The highest BCUT2D eigenvalue weighted by Crippen LogP contribution is 2.40. The summed E-state index contributed by atoms with van der Waals surface area (Å²) in [7, 11) is 0. The van der Waals surface area contributed by atoms with Crippen LogP contribution in [0, 0.1) is 13.8 Å². The van der Waals surface area contributed by atoms with Crippen molar-refractivity contribution < 1.29 is 0 Å². The van der Waals surface area contributed by atoms with Crippen LogP contribution in [0.1, 0.15) is 35.7 Å². The molecular weight excluding hydrogens is 326 g/mol. The van der Waals surface area contributed by atoms with Crippen molar-refractivity contribution in [2.45, 2.75) is 32.6 Å². The van der Waals surface area contributed by atoms with Gasteiger partial charge in [-0.25, -0.2) is 19.5 Å². The van der Waals surface area contributed by atoms with Crippen molar-refractivity contribution in [3.8, 4) is 0 Å². The molecule has 0 spiro atoms. The van der Waals surface area contributed by atoms with E-state index in [0.29, 0.717) is 5.92 Å². The predicted molar refractivity (Wildman–Crippen MR) is 101 cm³/mol. The van der Waals surface area contributed by atoms with E-state index in [2.05, 4.69) is 37.7 Å². The molecule has 0 unspecified atom stereocenters. The number of aryl methyl sites for hydroxylation is 1. The van der Waals surface area contributed by atoms with E-state index in [1.165, 1.54) is 24.1 Å². The Bertz CT molecular complexity index is 952. The minimum atomic E-state index is 0.656. The van der Waals surface area contributed by atoms with E-state index in [0.717, 1.165) is 49.0 Å². The third-order valence-electron chi connectivity index (χ3n) is 5.57. The molecule has 2 fully saturated rings. The molecule has 1 saturated heterocycles. The Morgan fingerprint density at radius 1 is 0.923 bits per heavy atom. The Hall–Kier alpha value is -2.70. The van der Waals surface area contributed by atoms with Crippen LogP contribution in [-0.2, 0) is 0 Å². The summed E-state index contributed by atoms with van der Waals surface area (Å²) in [5.74, 6) is 2.76. The second-order valence-electron chi connectivity index (χ2n) is 7.31. The minimum absolute atomic E-state index is 0.656. The van der Waals surface area contributed by atoms with E-state index in [1.54, 1.807) is 6.33 Å². The summed E-state index contributed by atoms with van der Waals surface area (Å²) in [6, 6.07) is 2.23. The Labute approximate surface area is 152 Å². The third-order valence-corrected chi connectivity index (χ3v) is 5.57. The van der Waals surface area contributed by atoms with Crippen molar-refractivity contribution >= 4 is 17.2 Å². The molecule has 0 atom stereocenters. The van der Waals surface area contributed by atoms with E-state index in [4.69, 9.17) is 5.10 Å². The molecule has 0 N–H and O–H groups in total. The van der Waals surface area contributed by atoms with Crippen LogP contribution >= 0.6 is 0 Å². The summed E-state index contributed by atoms with van der Waals surface area (Å²) in [5, 5.41) is 4.74. The first kappa shape index (κ1) is 15.5. The van der Waals surface area contributed by atoms with Gasteiger partial charge >= 0.3 is 0 Å². The van der Waals surface area contributed by atoms with Gasteiger partial charge in [0.2, 0.25) is 0 Å². The number of rotatable bonds is 3. The lowest BCUT2D eigenvalue weighted by atomic mass is 10.2. The normalized spacial score (nSPS) is 17.9. The summed E-state index contributed by atoms with van der Waals surface area (Å²) in [4.78, 5) is 18.2. The largest absolute Gasteiger partial charge is 0.353 e. The number of fused-ring (bicyclic) bond motifs is 1. The van der Waals surface area contributed by atoms with Crippen LogP contribution < -0.4 is 9.80 Å². The van der Waals surface area contributed by atoms with Gasteiger partial charge in [-0.3, -0.25) is 0 Å². The average Bonchev–Trinajstić information content (AvgIpc) is 3.42. The minimum Gasteiger partial charge on any atom is -0.353 e. The molecule has 0 amide bonds. The topological polar surface area (TPSA) is 62.5 Å². The highest BCUT2D eigenvalue weighted by molar-refractivity contribution is 5.70. The molecule has 1 aliphatic heterocycles. The Balaban J connectivity index is 1.38. The number of nitrogens with zero attached hydrogens (tertiary/aromatic N) is 7. The van der Waals surface area contributed by atoms with E-state index < -0.39 is 0 Å². The molecule has 0 radical (unpaired) electrons. The van der Waals surface area contributed by atoms with Crippen molar-refractivity contribution in [1.29, 1.82) is 0 Å². The number of aromatic nitrogens is 5. The molecule has 26 heavy (non-hydrogen) atoms. The highest BCUT2D eigenvalue weighted by atomic mass is 15.3. The Kier molecular flexibility index (Phi) is 3.55. The van der Waals surface area contributed by atoms with Gasteiger partial charge in [-0.2, -0.15) is 5.10 Å². The van der Waals surface area contributed by atoms with Crippen LogP contribution in [0.5, 0.6) is 0 Å². The van der Waals surface area contributed by atoms with Crippen LogP contribution in [0.15, 0.2) is 24.8 Å². The first-order valence-corrected chi connectivity index (χ1v) is 9.33. The monoisotopic (exact) mass is 349 g/mol. The van der Waals surface area contributed by atoms with Crippen LogP contribution in [-0.4, -0.2) is 50.7 Å². The summed E-state index contributed by atoms with van der Waals surface area (Å²) in [6.07, 6.45) is 8.01. The van der Waals surface area contributed by atoms with Crippen molar-refractivity contribution in [1.82, 2.24) is 24.6 Å². The Morgan fingerprint density at radius 3 is 2.38 bits per heavy atom. The smallest absolute Gasteiger partial charge is 0.154 e. The third kappa shape index (κ3) is 2.58. The van der Waals surface area contributed by atoms with Crippen molar-refractivity contribution in [3.05, 3.63) is 41.7 Å². The molecular formula is C19H23N7. The van der Waals surface area contributed by atoms with Gasteiger partial charge in [0.05, 0.1) is 5.69 Å². The standard InChI is InChI=1S/C19H23N7/c1-13-14(2)21-12-22-18(13)24-7-9-25(10-8-24)19-17-11-16(15-3-4-15)23-26(17)6-5-20-19/h5-6,11-12,15H,3-4,7-10H2,1-2H3. The molecule has 3 aromatic rings. The number of hydrogen-bond acceptors (Lipinski definition) is 6. The summed E-state index contributed by atoms with van der Waals surface area (Å²) < 4.78 is 1.99. The van der Waals surface area contributed by atoms with Gasteiger partial charge in [-0.1, -0.05) is 0 Å². The van der Waals surface area contributed by atoms with Gasteiger partial charge in [0.15, 0.2) is 5.82 Å². The lowest BCUT2D eigenvalue weighted by Crippen LogP contribution is -2.47. The lowest BCUT2D eigenvalue weighted by Gasteiger charge is -2.36. The van der Waals surface area contributed by atoms with Crippen molar-refractivity contribution in [2.75, 3.05) is 36.0 Å². The zero-order valence-electron chi connectivity index (χ0n) is 15.3. The molecule has 0 aromatic carbocycles. The molecule has 0 bridgehead atoms. The highest BCUT2D eigenvalue weighted by Gasteiger charge is 2.28. The first-order chi connectivity index (χ1) is 12.7. The zero-order chi connectivity index (χ0) is 17.7. The van der Waals surface area contributed by atoms with E-state index >= 15 is 0 Å². The molecule has 4 heterocycles. The van der Waals surface area contributed by atoms with Crippen molar-refractivity contribution in [3.63, 3.8) is 0 Å². The van der Waals surface area contributed by atoms with Crippen molar-refractivity contribution in [2.24, 2.45) is 0 Å². The van der Waals surface area contributed by atoms with Crippen LogP contribution in [0.3, 0.4) is 0 Å². The maximum atomic E-state index is 4.74. The first-order valence-electron chi connectivity index (χ1n) is 9.33. The fourth-order valence-electron chi connectivity index (χ4n) is 3.72. The maximum absolute atomic E-state index is 4.74. The van der Waals surface area contributed by atoms with E-state index in [9.17, 15) is 0 Å². The maximum Gasteiger partial charge on any atom is 0.154 e. The second-order valence-corrected chi connectivity index (χ2v) is 7.31. The molecule has 1 saturated carbocycles. The number of hydrogen-bond donors (Lipinski definition) is 0. The van der Waals surface area contributed by atoms with Gasteiger partial charge in [0.1, 0.15) is 17.7 Å². The van der Waals surface area contributed by atoms with Crippen LogP contribution in [0.25, 0.3) is 5.52 Å². The lowest BCUT2D eigenvalue weighted by molar-refractivity contribution is 0.639. The average molecular weight is 349 g/mol.